The first kappa shape index (κ1) is 18.5. The molecule has 0 spiro atoms. The minimum Gasteiger partial charge on any atom is -0.490 e. The van der Waals surface area contributed by atoms with Gasteiger partial charge in [0.25, 0.3) is 0 Å². The van der Waals surface area contributed by atoms with Gasteiger partial charge in [-0.25, -0.2) is 4.79 Å². The number of ether oxygens (including phenoxy) is 2. The lowest BCUT2D eigenvalue weighted by Gasteiger charge is -2.15. The number of halogens is 1. The summed E-state index contributed by atoms with van der Waals surface area (Å²) in [7, 11) is 0. The summed E-state index contributed by atoms with van der Waals surface area (Å²) in [5.74, 6) is 1.23. The molecule has 0 unspecified atom stereocenters. The predicted molar refractivity (Wildman–Crippen MR) is 100 cm³/mol. The number of carbonyl (C=O) groups excluding carboxylic acids is 1. The molecule has 4 heteroatoms. The first-order valence-electron chi connectivity index (χ1n) is 8.07. The molecule has 0 aromatic heterocycles. The number of rotatable bonds is 5. The highest BCUT2D eigenvalue weighted by atomic mass is 79.9. The zero-order valence-electron chi connectivity index (χ0n) is 14.7. The lowest BCUT2D eigenvalue weighted by Crippen LogP contribution is -2.11. The molecule has 0 amide bonds. The molecule has 0 aliphatic carbocycles. The Bertz CT molecular complexity index is 736. The van der Waals surface area contributed by atoms with Crippen molar-refractivity contribution in [1.29, 1.82) is 0 Å². The van der Waals surface area contributed by atoms with Crippen LogP contribution in [-0.2, 0) is 0 Å². The van der Waals surface area contributed by atoms with Crippen LogP contribution in [0.5, 0.6) is 11.5 Å². The van der Waals surface area contributed by atoms with Gasteiger partial charge < -0.3 is 9.47 Å². The van der Waals surface area contributed by atoms with Crippen LogP contribution >= 0.6 is 15.9 Å². The zero-order valence-corrected chi connectivity index (χ0v) is 16.3. The van der Waals surface area contributed by atoms with Crippen LogP contribution in [0.2, 0.25) is 0 Å². The molecule has 3 nitrogen and oxygen atoms in total. The summed E-state index contributed by atoms with van der Waals surface area (Å²) in [5.41, 5.74) is 2.56. The molecule has 0 saturated heterocycles. The van der Waals surface area contributed by atoms with Crippen LogP contribution in [0.15, 0.2) is 40.9 Å². The van der Waals surface area contributed by atoms with E-state index in [0.717, 1.165) is 15.6 Å². The zero-order chi connectivity index (χ0) is 17.9. The third-order valence-electron chi connectivity index (χ3n) is 3.52. The van der Waals surface area contributed by atoms with Crippen LogP contribution in [0.1, 0.15) is 55.1 Å². The quantitative estimate of drug-likeness (QED) is 0.471. The molecule has 0 atom stereocenters. The number of aryl methyl sites for hydroxylation is 1. The van der Waals surface area contributed by atoms with Crippen LogP contribution in [0.4, 0.5) is 0 Å². The van der Waals surface area contributed by atoms with Gasteiger partial charge in [0.1, 0.15) is 11.5 Å². The molecular weight excluding hydrogens is 368 g/mol. The number of hydrogen-bond acceptors (Lipinski definition) is 3. The van der Waals surface area contributed by atoms with Crippen molar-refractivity contribution in [3.8, 4) is 11.5 Å². The van der Waals surface area contributed by atoms with Crippen LogP contribution in [0, 0.1) is 6.92 Å². The Labute approximate surface area is 152 Å². The van der Waals surface area contributed by atoms with Crippen molar-refractivity contribution >= 4 is 21.9 Å². The maximum Gasteiger partial charge on any atom is 0.343 e. The van der Waals surface area contributed by atoms with Gasteiger partial charge in [-0.15, -0.1) is 0 Å². The van der Waals surface area contributed by atoms with E-state index in [2.05, 4.69) is 29.8 Å². The SMILES string of the molecule is Cc1ccc(C(C)C)c(OC(=O)c2ccc(OC(C)C)c(Br)c2)c1. The van der Waals surface area contributed by atoms with E-state index in [1.54, 1.807) is 18.2 Å². The largest absolute Gasteiger partial charge is 0.490 e. The minimum absolute atomic E-state index is 0.0694. The number of esters is 1. The van der Waals surface area contributed by atoms with Gasteiger partial charge in [-0.05, 0) is 78.0 Å². The molecular formula is C20H23BrO3. The van der Waals surface area contributed by atoms with Crippen molar-refractivity contribution < 1.29 is 14.3 Å². The van der Waals surface area contributed by atoms with Crippen LogP contribution < -0.4 is 9.47 Å². The van der Waals surface area contributed by atoms with Gasteiger partial charge in [0.15, 0.2) is 0 Å². The predicted octanol–water partition coefficient (Wildman–Crippen LogP) is 5.89. The van der Waals surface area contributed by atoms with Crippen LogP contribution in [-0.4, -0.2) is 12.1 Å². The fourth-order valence-electron chi connectivity index (χ4n) is 2.34. The first-order valence-corrected chi connectivity index (χ1v) is 8.86. The molecule has 0 aliphatic rings. The number of hydrogen-bond donors (Lipinski definition) is 0. The van der Waals surface area contributed by atoms with E-state index >= 15 is 0 Å². The lowest BCUT2D eigenvalue weighted by atomic mass is 10.0. The maximum atomic E-state index is 12.5. The normalized spacial score (nSPS) is 11.0. The van der Waals surface area contributed by atoms with Crippen molar-refractivity contribution in [2.75, 3.05) is 0 Å². The van der Waals surface area contributed by atoms with E-state index < -0.39 is 0 Å². The minimum atomic E-state index is -0.376. The van der Waals surface area contributed by atoms with Crippen LogP contribution in [0.3, 0.4) is 0 Å². The maximum absolute atomic E-state index is 12.5. The van der Waals surface area contributed by atoms with Crippen molar-refractivity contribution in [2.24, 2.45) is 0 Å². The van der Waals surface area contributed by atoms with Gasteiger partial charge in [0.05, 0.1) is 16.1 Å². The highest BCUT2D eigenvalue weighted by Gasteiger charge is 2.15. The van der Waals surface area contributed by atoms with E-state index in [-0.39, 0.29) is 18.0 Å². The smallest absolute Gasteiger partial charge is 0.343 e. The second kappa shape index (κ2) is 7.84. The molecule has 2 aromatic rings. The Kier molecular flexibility index (Phi) is 6.05. The van der Waals surface area contributed by atoms with E-state index in [4.69, 9.17) is 9.47 Å². The van der Waals surface area contributed by atoms with E-state index in [1.165, 1.54) is 0 Å². The third-order valence-corrected chi connectivity index (χ3v) is 4.14. The van der Waals surface area contributed by atoms with Gasteiger partial charge in [-0.1, -0.05) is 26.0 Å². The fourth-order valence-corrected chi connectivity index (χ4v) is 2.82. The van der Waals surface area contributed by atoms with Crippen molar-refractivity contribution in [3.63, 3.8) is 0 Å². The topological polar surface area (TPSA) is 35.5 Å². The van der Waals surface area contributed by atoms with Gasteiger partial charge in [-0.3, -0.25) is 0 Å². The third kappa shape index (κ3) is 4.60. The highest BCUT2D eigenvalue weighted by Crippen LogP contribution is 2.30. The van der Waals surface area contributed by atoms with Gasteiger partial charge in [0, 0.05) is 0 Å². The molecule has 0 bridgehead atoms. The Hall–Kier alpha value is -1.81. The van der Waals surface area contributed by atoms with E-state index in [1.807, 2.05) is 39.0 Å². The molecule has 24 heavy (non-hydrogen) atoms. The van der Waals surface area contributed by atoms with Crippen LogP contribution in [0.25, 0.3) is 0 Å². The standard InChI is InChI=1S/C20H23BrO3/c1-12(2)16-8-6-14(5)10-19(16)24-20(22)15-7-9-18(17(21)11-15)23-13(3)4/h6-13H,1-5H3. The molecule has 0 heterocycles. The summed E-state index contributed by atoms with van der Waals surface area (Å²) >= 11 is 3.45. The molecule has 0 aliphatic heterocycles. The average molecular weight is 391 g/mol. The molecule has 128 valence electrons. The van der Waals surface area contributed by atoms with Crippen molar-refractivity contribution in [3.05, 3.63) is 57.6 Å². The van der Waals surface area contributed by atoms with Gasteiger partial charge >= 0.3 is 5.97 Å². The Balaban J connectivity index is 2.24. The molecule has 2 rings (SSSR count). The molecule has 0 radical (unpaired) electrons. The van der Waals surface area contributed by atoms with Gasteiger partial charge in [-0.2, -0.15) is 0 Å². The van der Waals surface area contributed by atoms with E-state index in [0.29, 0.717) is 17.1 Å². The summed E-state index contributed by atoms with van der Waals surface area (Å²) in [6, 6.07) is 11.2. The monoisotopic (exact) mass is 390 g/mol. The highest BCUT2D eigenvalue weighted by molar-refractivity contribution is 9.10. The molecule has 2 aromatic carbocycles. The molecule has 0 fully saturated rings. The summed E-state index contributed by atoms with van der Waals surface area (Å²) in [6.07, 6.45) is 0.0694. The Morgan fingerprint density at radius 1 is 1.00 bits per heavy atom. The van der Waals surface area contributed by atoms with Crippen molar-refractivity contribution in [2.45, 2.75) is 46.6 Å². The Morgan fingerprint density at radius 3 is 2.29 bits per heavy atom. The molecule has 0 saturated carbocycles. The molecule has 0 N–H and O–H groups in total. The first-order chi connectivity index (χ1) is 11.3. The average Bonchev–Trinajstić information content (AvgIpc) is 2.48. The second-order valence-electron chi connectivity index (χ2n) is 6.40. The Morgan fingerprint density at radius 2 is 1.71 bits per heavy atom. The fraction of sp³-hybridized carbons (Fsp3) is 0.350. The van der Waals surface area contributed by atoms with Crippen molar-refractivity contribution in [1.82, 2.24) is 0 Å². The number of benzene rings is 2. The second-order valence-corrected chi connectivity index (χ2v) is 7.25. The summed E-state index contributed by atoms with van der Waals surface area (Å²) in [4.78, 5) is 12.5. The summed E-state index contributed by atoms with van der Waals surface area (Å²) in [5, 5.41) is 0. The van der Waals surface area contributed by atoms with Gasteiger partial charge in [0.2, 0.25) is 0 Å². The summed E-state index contributed by atoms with van der Waals surface area (Å²) in [6.45, 7) is 10.1. The summed E-state index contributed by atoms with van der Waals surface area (Å²) < 4.78 is 12.0. The van der Waals surface area contributed by atoms with E-state index in [9.17, 15) is 4.79 Å². The lowest BCUT2D eigenvalue weighted by molar-refractivity contribution is 0.0732. The number of carbonyl (C=O) groups is 1.